The smallest absolute Gasteiger partial charge is 0.223 e. The summed E-state index contributed by atoms with van der Waals surface area (Å²) in [7, 11) is 1.78. The first kappa shape index (κ1) is 13.9. The highest BCUT2D eigenvalue weighted by molar-refractivity contribution is 5.76. The molecular weight excluding hydrogens is 252 g/mol. The van der Waals surface area contributed by atoms with Gasteiger partial charge in [0.05, 0.1) is 17.9 Å². The molecule has 0 fully saturated rings. The van der Waals surface area contributed by atoms with Gasteiger partial charge in [0, 0.05) is 26.4 Å². The maximum atomic E-state index is 12.0. The van der Waals surface area contributed by atoms with E-state index in [4.69, 9.17) is 9.68 Å². The van der Waals surface area contributed by atoms with Crippen LogP contribution in [-0.4, -0.2) is 17.9 Å². The van der Waals surface area contributed by atoms with Crippen LogP contribution in [0.15, 0.2) is 47.1 Å². The molecule has 0 aliphatic rings. The van der Waals surface area contributed by atoms with E-state index < -0.39 is 0 Å². The lowest BCUT2D eigenvalue weighted by molar-refractivity contribution is -0.130. The number of nitriles is 1. The molecule has 0 N–H and O–H groups in total. The Bertz CT molecular complexity index is 594. The summed E-state index contributed by atoms with van der Waals surface area (Å²) in [5, 5.41) is 8.74. The third-order valence-electron chi connectivity index (χ3n) is 3.09. The summed E-state index contributed by atoms with van der Waals surface area (Å²) < 4.78 is 5.21. The molecule has 0 unspecified atom stereocenters. The van der Waals surface area contributed by atoms with Crippen molar-refractivity contribution < 1.29 is 9.21 Å². The van der Waals surface area contributed by atoms with Gasteiger partial charge in [0.15, 0.2) is 0 Å². The second-order valence-electron chi connectivity index (χ2n) is 4.64. The Morgan fingerprint density at radius 3 is 2.65 bits per heavy atom. The van der Waals surface area contributed by atoms with Crippen molar-refractivity contribution in [2.75, 3.05) is 7.05 Å². The molecule has 1 amide bonds. The molecule has 4 nitrogen and oxygen atoms in total. The van der Waals surface area contributed by atoms with Crippen molar-refractivity contribution in [1.29, 1.82) is 5.26 Å². The van der Waals surface area contributed by atoms with Crippen LogP contribution >= 0.6 is 0 Å². The molecule has 2 rings (SSSR count). The van der Waals surface area contributed by atoms with E-state index in [1.165, 1.54) is 0 Å². The van der Waals surface area contributed by atoms with Crippen LogP contribution in [0.4, 0.5) is 0 Å². The maximum absolute atomic E-state index is 12.0. The molecule has 1 heterocycles. The van der Waals surface area contributed by atoms with E-state index in [-0.39, 0.29) is 5.91 Å². The number of carbonyl (C=O) groups is 1. The number of hydrogen-bond donors (Lipinski definition) is 0. The molecule has 102 valence electrons. The van der Waals surface area contributed by atoms with E-state index in [1.807, 2.05) is 24.3 Å². The predicted molar refractivity (Wildman–Crippen MR) is 74.7 cm³/mol. The summed E-state index contributed by atoms with van der Waals surface area (Å²) in [4.78, 5) is 13.7. The molecule has 0 atom stereocenters. The van der Waals surface area contributed by atoms with Crippen LogP contribution in [-0.2, 0) is 17.8 Å². The number of benzene rings is 1. The van der Waals surface area contributed by atoms with E-state index in [9.17, 15) is 4.79 Å². The zero-order valence-corrected chi connectivity index (χ0v) is 11.4. The van der Waals surface area contributed by atoms with E-state index in [0.29, 0.717) is 24.9 Å². The van der Waals surface area contributed by atoms with Gasteiger partial charge in [-0.05, 0) is 29.8 Å². The third kappa shape index (κ3) is 3.72. The molecule has 0 aliphatic heterocycles. The molecule has 0 radical (unpaired) electrons. The molecule has 20 heavy (non-hydrogen) atoms. The predicted octanol–water partition coefficient (Wildman–Crippen LogP) is 2.74. The van der Waals surface area contributed by atoms with Gasteiger partial charge in [0.2, 0.25) is 5.91 Å². The number of aryl methyl sites for hydroxylation is 1. The number of amides is 1. The molecular formula is C16H16N2O2. The van der Waals surface area contributed by atoms with Gasteiger partial charge in [-0.1, -0.05) is 12.1 Å². The van der Waals surface area contributed by atoms with Crippen LogP contribution in [0.1, 0.15) is 23.3 Å². The summed E-state index contributed by atoms with van der Waals surface area (Å²) in [5.41, 5.74) is 1.64. The second-order valence-corrected chi connectivity index (χ2v) is 4.64. The van der Waals surface area contributed by atoms with Gasteiger partial charge in [0.25, 0.3) is 0 Å². The minimum Gasteiger partial charge on any atom is -0.469 e. The van der Waals surface area contributed by atoms with Crippen molar-refractivity contribution in [2.45, 2.75) is 19.4 Å². The fourth-order valence-electron chi connectivity index (χ4n) is 1.92. The Morgan fingerprint density at radius 1 is 1.30 bits per heavy atom. The lowest BCUT2D eigenvalue weighted by Crippen LogP contribution is -2.26. The zero-order chi connectivity index (χ0) is 14.4. The van der Waals surface area contributed by atoms with Crippen molar-refractivity contribution in [2.24, 2.45) is 0 Å². The first-order chi connectivity index (χ1) is 9.69. The molecule has 1 aromatic heterocycles. The molecule has 0 aliphatic carbocycles. The SMILES string of the molecule is CN(Cc1ccc(C#N)cc1)C(=O)CCc1ccco1. The average molecular weight is 268 g/mol. The Balaban J connectivity index is 1.85. The van der Waals surface area contributed by atoms with Crippen LogP contribution in [0.25, 0.3) is 0 Å². The van der Waals surface area contributed by atoms with Crippen molar-refractivity contribution in [3.63, 3.8) is 0 Å². The monoisotopic (exact) mass is 268 g/mol. The van der Waals surface area contributed by atoms with Crippen LogP contribution in [0.3, 0.4) is 0 Å². The zero-order valence-electron chi connectivity index (χ0n) is 11.4. The number of furan rings is 1. The summed E-state index contributed by atoms with van der Waals surface area (Å²) in [5.74, 6) is 0.899. The number of carbonyl (C=O) groups excluding carboxylic acids is 1. The van der Waals surface area contributed by atoms with Gasteiger partial charge in [-0.25, -0.2) is 0 Å². The summed E-state index contributed by atoms with van der Waals surface area (Å²) in [6, 6.07) is 13.0. The number of hydrogen-bond acceptors (Lipinski definition) is 3. The lowest BCUT2D eigenvalue weighted by Gasteiger charge is -2.17. The Kier molecular flexibility index (Phi) is 4.56. The Hall–Kier alpha value is -2.54. The van der Waals surface area contributed by atoms with Crippen molar-refractivity contribution in [3.05, 3.63) is 59.5 Å². The highest BCUT2D eigenvalue weighted by atomic mass is 16.3. The number of rotatable bonds is 5. The highest BCUT2D eigenvalue weighted by Gasteiger charge is 2.10. The standard InChI is InChI=1S/C16H16N2O2/c1-18(12-14-6-4-13(11-17)5-7-14)16(19)9-8-15-3-2-10-20-15/h2-7,10H,8-9,12H2,1H3. The minimum absolute atomic E-state index is 0.0748. The summed E-state index contributed by atoms with van der Waals surface area (Å²) in [6.45, 7) is 0.544. The minimum atomic E-state index is 0.0748. The average Bonchev–Trinajstić information content (AvgIpc) is 2.98. The maximum Gasteiger partial charge on any atom is 0.223 e. The van der Waals surface area contributed by atoms with Gasteiger partial charge < -0.3 is 9.32 Å². The fourth-order valence-corrected chi connectivity index (χ4v) is 1.92. The Morgan fingerprint density at radius 2 is 2.05 bits per heavy atom. The normalized spacial score (nSPS) is 10.0. The van der Waals surface area contributed by atoms with Crippen LogP contribution in [0.2, 0.25) is 0 Å². The molecule has 0 saturated heterocycles. The molecule has 2 aromatic rings. The van der Waals surface area contributed by atoms with E-state index in [1.54, 1.807) is 30.3 Å². The van der Waals surface area contributed by atoms with Gasteiger partial charge >= 0.3 is 0 Å². The third-order valence-corrected chi connectivity index (χ3v) is 3.09. The Labute approximate surface area is 118 Å². The topological polar surface area (TPSA) is 57.2 Å². The molecule has 4 heteroatoms. The van der Waals surface area contributed by atoms with E-state index in [0.717, 1.165) is 11.3 Å². The van der Waals surface area contributed by atoms with Gasteiger partial charge in [0.1, 0.15) is 5.76 Å². The highest BCUT2D eigenvalue weighted by Crippen LogP contribution is 2.09. The van der Waals surface area contributed by atoms with Gasteiger partial charge in [-0.3, -0.25) is 4.79 Å². The van der Waals surface area contributed by atoms with Crippen LogP contribution in [0, 0.1) is 11.3 Å². The molecule has 0 bridgehead atoms. The molecule has 0 saturated carbocycles. The largest absolute Gasteiger partial charge is 0.469 e. The van der Waals surface area contributed by atoms with Gasteiger partial charge in [-0.2, -0.15) is 5.26 Å². The second kappa shape index (κ2) is 6.58. The first-order valence-corrected chi connectivity index (χ1v) is 6.44. The van der Waals surface area contributed by atoms with Gasteiger partial charge in [-0.15, -0.1) is 0 Å². The first-order valence-electron chi connectivity index (χ1n) is 6.44. The lowest BCUT2D eigenvalue weighted by atomic mass is 10.1. The quantitative estimate of drug-likeness (QED) is 0.837. The summed E-state index contributed by atoms with van der Waals surface area (Å²) >= 11 is 0. The van der Waals surface area contributed by atoms with Crippen LogP contribution in [0.5, 0.6) is 0 Å². The molecule has 1 aromatic carbocycles. The van der Waals surface area contributed by atoms with Crippen molar-refractivity contribution in [1.82, 2.24) is 4.90 Å². The number of nitrogens with zero attached hydrogens (tertiary/aromatic N) is 2. The summed E-state index contributed by atoms with van der Waals surface area (Å²) in [6.07, 6.45) is 2.66. The molecule has 0 spiro atoms. The van der Waals surface area contributed by atoms with Crippen molar-refractivity contribution >= 4 is 5.91 Å². The van der Waals surface area contributed by atoms with Crippen molar-refractivity contribution in [3.8, 4) is 6.07 Å². The van der Waals surface area contributed by atoms with E-state index in [2.05, 4.69) is 6.07 Å². The van der Waals surface area contributed by atoms with Crippen LogP contribution < -0.4 is 0 Å². The fraction of sp³-hybridized carbons (Fsp3) is 0.250. The van der Waals surface area contributed by atoms with E-state index >= 15 is 0 Å².